The molecule has 9 heteroatoms. The molecular weight excluding hydrogens is 294 g/mol. The maximum absolute atomic E-state index is 11.9. The van der Waals surface area contributed by atoms with Gasteiger partial charge in [0.05, 0.1) is 17.6 Å². The molecule has 2 heterocycles. The second-order valence-electron chi connectivity index (χ2n) is 3.29. The molecule has 3 N–H and O–H groups in total. The van der Waals surface area contributed by atoms with E-state index in [1.807, 2.05) is 0 Å². The number of sulfonamides is 1. The molecule has 18 heavy (non-hydrogen) atoms. The average Bonchev–Trinajstić information content (AvgIpc) is 2.98. The van der Waals surface area contributed by atoms with Crippen molar-refractivity contribution in [1.82, 2.24) is 9.88 Å². The smallest absolute Gasteiger partial charge is 0.250 e. The molecule has 0 aliphatic carbocycles. The van der Waals surface area contributed by atoms with Crippen LogP contribution < -0.4 is 10.5 Å². The van der Waals surface area contributed by atoms with Crippen molar-refractivity contribution >= 4 is 38.6 Å². The Hall–Kier alpha value is -1.29. The third-order valence-electron chi connectivity index (χ3n) is 2.02. The zero-order valence-corrected chi connectivity index (χ0v) is 11.4. The van der Waals surface area contributed by atoms with Gasteiger partial charge < -0.3 is 10.3 Å². The molecule has 0 unspecified atom stereocenters. The van der Waals surface area contributed by atoms with Crippen LogP contribution >= 0.6 is 23.6 Å². The van der Waals surface area contributed by atoms with Crippen LogP contribution in [0.3, 0.4) is 0 Å². The Morgan fingerprint density at radius 2 is 2.28 bits per heavy atom. The Balaban J connectivity index is 2.12. The zero-order chi connectivity index (χ0) is 13.2. The van der Waals surface area contributed by atoms with Crippen LogP contribution in [0, 0.1) is 0 Å². The molecule has 0 aliphatic rings. The van der Waals surface area contributed by atoms with E-state index >= 15 is 0 Å². The van der Waals surface area contributed by atoms with Crippen LogP contribution in [0.25, 0.3) is 0 Å². The SMILES string of the molecule is NC(=S)c1ccc(S(=O)(=O)NCc2ccno2)s1. The molecule has 2 aromatic heterocycles. The molecule has 2 rings (SSSR count). The molecule has 0 aliphatic heterocycles. The molecule has 2 aromatic rings. The number of hydrogen-bond acceptors (Lipinski definition) is 6. The largest absolute Gasteiger partial charge is 0.389 e. The quantitative estimate of drug-likeness (QED) is 0.795. The van der Waals surface area contributed by atoms with Gasteiger partial charge in [0.25, 0.3) is 0 Å². The van der Waals surface area contributed by atoms with Gasteiger partial charge in [0.15, 0.2) is 5.76 Å². The fourth-order valence-electron chi connectivity index (χ4n) is 1.17. The number of aromatic nitrogens is 1. The Morgan fingerprint density at radius 3 is 2.83 bits per heavy atom. The first-order valence-corrected chi connectivity index (χ1v) is 7.49. The van der Waals surface area contributed by atoms with E-state index in [2.05, 4.69) is 9.88 Å². The third-order valence-corrected chi connectivity index (χ3v) is 5.38. The maximum Gasteiger partial charge on any atom is 0.250 e. The second kappa shape index (κ2) is 5.14. The monoisotopic (exact) mass is 303 g/mol. The molecule has 0 amide bonds. The Morgan fingerprint density at radius 1 is 1.50 bits per heavy atom. The average molecular weight is 303 g/mol. The van der Waals surface area contributed by atoms with E-state index in [0.29, 0.717) is 10.6 Å². The molecule has 0 aromatic carbocycles. The summed E-state index contributed by atoms with van der Waals surface area (Å²) in [7, 11) is -3.58. The molecule has 6 nitrogen and oxygen atoms in total. The van der Waals surface area contributed by atoms with Gasteiger partial charge in [-0.2, -0.15) is 0 Å². The molecule has 0 saturated carbocycles. The summed E-state index contributed by atoms with van der Waals surface area (Å²) in [5.74, 6) is 0.435. The van der Waals surface area contributed by atoms with Gasteiger partial charge in [0.1, 0.15) is 9.20 Å². The number of rotatable bonds is 5. The second-order valence-corrected chi connectivity index (χ2v) is 6.80. The maximum atomic E-state index is 11.9. The van der Waals surface area contributed by atoms with Gasteiger partial charge in [-0.15, -0.1) is 11.3 Å². The first-order valence-electron chi connectivity index (χ1n) is 4.78. The topological polar surface area (TPSA) is 98.2 Å². The van der Waals surface area contributed by atoms with Crippen molar-refractivity contribution in [3.05, 3.63) is 35.0 Å². The van der Waals surface area contributed by atoms with E-state index < -0.39 is 10.0 Å². The highest BCUT2D eigenvalue weighted by Crippen LogP contribution is 2.21. The molecule has 0 spiro atoms. The van der Waals surface area contributed by atoms with Gasteiger partial charge in [0, 0.05) is 6.07 Å². The third kappa shape index (κ3) is 2.93. The van der Waals surface area contributed by atoms with E-state index in [4.69, 9.17) is 22.5 Å². The minimum Gasteiger partial charge on any atom is -0.389 e. The molecule has 96 valence electrons. The van der Waals surface area contributed by atoms with Crippen molar-refractivity contribution in [1.29, 1.82) is 0 Å². The standard InChI is InChI=1S/C9H9N3O3S3/c10-9(16)7-1-2-8(17-7)18(13,14)12-5-6-3-4-11-15-6/h1-4,12H,5H2,(H2,10,16). The molecule has 0 fully saturated rings. The summed E-state index contributed by atoms with van der Waals surface area (Å²) in [6.45, 7) is 0.0443. The predicted octanol–water partition coefficient (Wildman–Crippen LogP) is 0.849. The van der Waals surface area contributed by atoms with E-state index in [9.17, 15) is 8.42 Å². The van der Waals surface area contributed by atoms with Crippen molar-refractivity contribution < 1.29 is 12.9 Å². The minimum atomic E-state index is -3.58. The summed E-state index contributed by atoms with van der Waals surface area (Å²) in [5.41, 5.74) is 5.42. The predicted molar refractivity (Wildman–Crippen MR) is 70.7 cm³/mol. The zero-order valence-electron chi connectivity index (χ0n) is 8.99. The fraction of sp³-hybridized carbons (Fsp3) is 0.111. The summed E-state index contributed by atoms with van der Waals surface area (Å²) >= 11 is 5.80. The summed E-state index contributed by atoms with van der Waals surface area (Å²) in [4.78, 5) is 0.738. The van der Waals surface area contributed by atoms with Gasteiger partial charge >= 0.3 is 0 Å². The minimum absolute atomic E-state index is 0.0443. The van der Waals surface area contributed by atoms with Crippen LogP contribution in [0.1, 0.15) is 10.6 Å². The number of thiocarbonyl (C=S) groups is 1. The van der Waals surface area contributed by atoms with Crippen molar-refractivity contribution in [2.45, 2.75) is 10.8 Å². The van der Waals surface area contributed by atoms with Gasteiger partial charge in [-0.3, -0.25) is 0 Å². The number of thiophene rings is 1. The number of nitrogens with one attached hydrogen (secondary N) is 1. The Bertz CT molecular complexity index is 646. The van der Waals surface area contributed by atoms with Gasteiger partial charge in [-0.1, -0.05) is 17.4 Å². The number of hydrogen-bond donors (Lipinski definition) is 2. The van der Waals surface area contributed by atoms with Crippen LogP contribution in [0.5, 0.6) is 0 Å². The van der Waals surface area contributed by atoms with Crippen LogP contribution in [-0.2, 0) is 16.6 Å². The summed E-state index contributed by atoms with van der Waals surface area (Å²) < 4.78 is 31.2. The van der Waals surface area contributed by atoms with E-state index in [0.717, 1.165) is 11.3 Å². The van der Waals surface area contributed by atoms with Crippen LogP contribution in [-0.4, -0.2) is 18.6 Å². The molecule has 0 saturated heterocycles. The highest BCUT2D eigenvalue weighted by atomic mass is 32.2. The van der Waals surface area contributed by atoms with Crippen molar-refractivity contribution in [2.75, 3.05) is 0 Å². The lowest BCUT2D eigenvalue weighted by molar-refractivity contribution is 0.380. The van der Waals surface area contributed by atoms with Crippen LogP contribution in [0.4, 0.5) is 0 Å². The summed E-state index contributed by atoms with van der Waals surface area (Å²) in [6.07, 6.45) is 1.44. The molecule has 0 bridgehead atoms. The fourth-order valence-corrected chi connectivity index (χ4v) is 3.56. The van der Waals surface area contributed by atoms with Crippen LogP contribution in [0.2, 0.25) is 0 Å². The first kappa shape index (κ1) is 13.1. The Labute approximate surface area is 113 Å². The van der Waals surface area contributed by atoms with Gasteiger partial charge in [-0.25, -0.2) is 13.1 Å². The summed E-state index contributed by atoms with van der Waals surface area (Å²) in [6, 6.07) is 4.62. The number of nitrogens with zero attached hydrogens (tertiary/aromatic N) is 1. The normalized spacial score (nSPS) is 11.6. The molecular formula is C9H9N3O3S3. The molecule has 0 radical (unpaired) electrons. The van der Waals surface area contributed by atoms with E-state index in [1.165, 1.54) is 12.3 Å². The Kier molecular flexibility index (Phi) is 3.76. The van der Waals surface area contributed by atoms with Crippen molar-refractivity contribution in [3.8, 4) is 0 Å². The van der Waals surface area contributed by atoms with Crippen LogP contribution in [0.15, 0.2) is 33.1 Å². The van der Waals surface area contributed by atoms with Crippen molar-refractivity contribution in [3.63, 3.8) is 0 Å². The van der Waals surface area contributed by atoms with Gasteiger partial charge in [0.2, 0.25) is 10.0 Å². The van der Waals surface area contributed by atoms with E-state index in [-0.39, 0.29) is 15.7 Å². The van der Waals surface area contributed by atoms with E-state index in [1.54, 1.807) is 12.1 Å². The lowest BCUT2D eigenvalue weighted by Gasteiger charge is -2.01. The highest BCUT2D eigenvalue weighted by molar-refractivity contribution is 7.91. The highest BCUT2D eigenvalue weighted by Gasteiger charge is 2.17. The van der Waals surface area contributed by atoms with Gasteiger partial charge in [-0.05, 0) is 12.1 Å². The lowest BCUT2D eigenvalue weighted by Crippen LogP contribution is -2.22. The number of nitrogens with two attached hydrogens (primary N) is 1. The summed E-state index contributed by atoms with van der Waals surface area (Å²) in [5, 5.41) is 3.48. The molecule has 0 atom stereocenters. The lowest BCUT2D eigenvalue weighted by atomic mass is 10.5. The van der Waals surface area contributed by atoms with Crippen molar-refractivity contribution in [2.24, 2.45) is 5.73 Å². The first-order chi connectivity index (χ1) is 8.49.